The van der Waals surface area contributed by atoms with Crippen molar-refractivity contribution in [1.29, 1.82) is 0 Å². The van der Waals surface area contributed by atoms with Gasteiger partial charge >= 0.3 is 0 Å². The number of benzene rings is 2. The quantitative estimate of drug-likeness (QED) is 0.824. The van der Waals surface area contributed by atoms with Crippen LogP contribution in [-0.4, -0.2) is 5.91 Å². The van der Waals surface area contributed by atoms with Crippen LogP contribution in [0.1, 0.15) is 15.9 Å². The van der Waals surface area contributed by atoms with Gasteiger partial charge in [-0.15, -0.1) is 0 Å². The maximum atomic E-state index is 13.2. The van der Waals surface area contributed by atoms with Crippen molar-refractivity contribution in [3.63, 3.8) is 0 Å². The molecule has 2 aromatic carbocycles. The number of carbonyl (C=O) groups is 1. The van der Waals surface area contributed by atoms with Crippen LogP contribution in [0.3, 0.4) is 0 Å². The topological polar surface area (TPSA) is 55.1 Å². The summed E-state index contributed by atoms with van der Waals surface area (Å²) >= 11 is 6.01. The van der Waals surface area contributed by atoms with E-state index in [1.807, 2.05) is 13.0 Å². The van der Waals surface area contributed by atoms with Crippen molar-refractivity contribution in [2.75, 3.05) is 11.1 Å². The van der Waals surface area contributed by atoms with Gasteiger partial charge in [-0.25, -0.2) is 4.39 Å². The molecule has 3 nitrogen and oxygen atoms in total. The zero-order valence-corrected chi connectivity index (χ0v) is 11.0. The van der Waals surface area contributed by atoms with Crippen LogP contribution in [0.25, 0.3) is 0 Å². The molecule has 1 amide bonds. The van der Waals surface area contributed by atoms with E-state index in [-0.39, 0.29) is 11.3 Å². The maximum absolute atomic E-state index is 13.2. The Labute approximate surface area is 115 Å². The van der Waals surface area contributed by atoms with Crippen molar-refractivity contribution in [3.05, 3.63) is 58.4 Å². The molecule has 19 heavy (non-hydrogen) atoms. The van der Waals surface area contributed by atoms with E-state index in [4.69, 9.17) is 17.3 Å². The molecule has 0 atom stereocenters. The number of nitrogens with one attached hydrogen (secondary N) is 1. The lowest BCUT2D eigenvalue weighted by atomic mass is 10.1. The van der Waals surface area contributed by atoms with E-state index >= 15 is 0 Å². The number of nitrogen functional groups attached to an aromatic ring is 1. The highest BCUT2D eigenvalue weighted by Gasteiger charge is 2.11. The highest BCUT2D eigenvalue weighted by molar-refractivity contribution is 6.34. The summed E-state index contributed by atoms with van der Waals surface area (Å²) in [6.07, 6.45) is 0. The zero-order valence-electron chi connectivity index (χ0n) is 10.2. The molecule has 0 aliphatic heterocycles. The van der Waals surface area contributed by atoms with E-state index in [0.717, 1.165) is 17.7 Å². The lowest BCUT2D eigenvalue weighted by molar-refractivity contribution is 0.102. The van der Waals surface area contributed by atoms with Crippen LogP contribution in [-0.2, 0) is 0 Å². The Kier molecular flexibility index (Phi) is 3.71. The Bertz CT molecular complexity index is 603. The summed E-state index contributed by atoms with van der Waals surface area (Å²) in [5.74, 6) is -1.01. The van der Waals surface area contributed by atoms with Crippen LogP contribution in [0.15, 0.2) is 36.4 Å². The summed E-state index contributed by atoms with van der Waals surface area (Å²) in [4.78, 5) is 12.0. The van der Waals surface area contributed by atoms with E-state index in [2.05, 4.69) is 5.32 Å². The predicted octanol–water partition coefficient (Wildman–Crippen LogP) is 3.62. The number of nitrogens with two attached hydrogens (primary N) is 1. The van der Waals surface area contributed by atoms with Gasteiger partial charge in [0, 0.05) is 11.3 Å². The Morgan fingerprint density at radius 3 is 2.68 bits per heavy atom. The molecular formula is C14H12ClFN2O. The molecule has 0 aromatic heterocycles. The minimum atomic E-state index is -0.555. The fourth-order valence-corrected chi connectivity index (χ4v) is 1.99. The Morgan fingerprint density at radius 2 is 2.05 bits per heavy atom. The first-order chi connectivity index (χ1) is 8.97. The molecule has 2 aromatic rings. The van der Waals surface area contributed by atoms with Crippen LogP contribution in [0, 0.1) is 12.7 Å². The van der Waals surface area contributed by atoms with Gasteiger partial charge in [0.2, 0.25) is 0 Å². The van der Waals surface area contributed by atoms with Crippen molar-refractivity contribution in [2.24, 2.45) is 0 Å². The number of para-hydroxylation sites is 1. The van der Waals surface area contributed by atoms with Gasteiger partial charge in [-0.3, -0.25) is 4.79 Å². The second kappa shape index (κ2) is 5.28. The lowest BCUT2D eigenvalue weighted by Crippen LogP contribution is -2.13. The summed E-state index contributed by atoms with van der Waals surface area (Å²) in [6.45, 7) is 1.82. The first-order valence-electron chi connectivity index (χ1n) is 5.60. The molecule has 0 spiro atoms. The Morgan fingerprint density at radius 1 is 1.32 bits per heavy atom. The van der Waals surface area contributed by atoms with Crippen molar-refractivity contribution >= 4 is 28.9 Å². The summed E-state index contributed by atoms with van der Waals surface area (Å²) in [5.41, 5.74) is 7.18. The van der Waals surface area contributed by atoms with Gasteiger partial charge in [0.05, 0.1) is 10.7 Å². The fraction of sp³-hybridized carbons (Fsp3) is 0.0714. The average Bonchev–Trinajstić information content (AvgIpc) is 2.32. The first-order valence-corrected chi connectivity index (χ1v) is 5.97. The number of hydrogen-bond acceptors (Lipinski definition) is 2. The number of amides is 1. The lowest BCUT2D eigenvalue weighted by Gasteiger charge is -2.10. The van der Waals surface area contributed by atoms with Gasteiger partial charge in [-0.2, -0.15) is 0 Å². The number of halogens is 2. The van der Waals surface area contributed by atoms with Gasteiger partial charge in [0.15, 0.2) is 0 Å². The largest absolute Gasteiger partial charge is 0.399 e. The molecule has 2 rings (SSSR count). The number of hydrogen-bond donors (Lipinski definition) is 2. The van der Waals surface area contributed by atoms with Crippen LogP contribution in [0.4, 0.5) is 15.8 Å². The van der Waals surface area contributed by atoms with Gasteiger partial charge in [0.1, 0.15) is 5.82 Å². The molecule has 0 saturated heterocycles. The molecule has 0 aliphatic rings. The van der Waals surface area contributed by atoms with Crippen molar-refractivity contribution < 1.29 is 9.18 Å². The minimum absolute atomic E-state index is 0.150. The number of carbonyl (C=O) groups excluding carboxylic acids is 1. The molecule has 0 fully saturated rings. The number of rotatable bonds is 2. The normalized spacial score (nSPS) is 10.3. The van der Waals surface area contributed by atoms with Crippen LogP contribution >= 0.6 is 11.6 Å². The van der Waals surface area contributed by atoms with Crippen molar-refractivity contribution in [2.45, 2.75) is 6.92 Å². The van der Waals surface area contributed by atoms with E-state index < -0.39 is 11.7 Å². The third-order valence-corrected chi connectivity index (χ3v) is 2.96. The monoisotopic (exact) mass is 278 g/mol. The number of anilines is 2. The van der Waals surface area contributed by atoms with Crippen LogP contribution < -0.4 is 11.1 Å². The molecule has 0 bridgehead atoms. The Hall–Kier alpha value is -2.07. The highest BCUT2D eigenvalue weighted by Crippen LogP contribution is 2.26. The highest BCUT2D eigenvalue weighted by atomic mass is 35.5. The molecule has 0 saturated carbocycles. The minimum Gasteiger partial charge on any atom is -0.399 e. The van der Waals surface area contributed by atoms with E-state index in [1.165, 1.54) is 6.07 Å². The summed E-state index contributed by atoms with van der Waals surface area (Å²) < 4.78 is 13.2. The maximum Gasteiger partial charge on any atom is 0.255 e. The summed E-state index contributed by atoms with van der Waals surface area (Å²) in [5, 5.41) is 3.08. The van der Waals surface area contributed by atoms with Gasteiger partial charge in [-0.1, -0.05) is 23.7 Å². The Balaban J connectivity index is 2.31. The second-order valence-electron chi connectivity index (χ2n) is 4.16. The van der Waals surface area contributed by atoms with E-state index in [1.54, 1.807) is 12.1 Å². The summed E-state index contributed by atoms with van der Waals surface area (Å²) in [6, 6.07) is 8.96. The average molecular weight is 279 g/mol. The van der Waals surface area contributed by atoms with Crippen molar-refractivity contribution in [1.82, 2.24) is 0 Å². The molecule has 0 aliphatic carbocycles. The van der Waals surface area contributed by atoms with Gasteiger partial charge in [-0.05, 0) is 36.8 Å². The third kappa shape index (κ3) is 3.03. The van der Waals surface area contributed by atoms with Gasteiger partial charge in [0.25, 0.3) is 5.91 Å². The molecule has 0 unspecified atom stereocenters. The standard InChI is InChI=1S/C14H12ClFN2O/c1-8-3-2-4-12(15)13(8)18-14(19)9-5-10(16)7-11(17)6-9/h2-7H,17H2,1H3,(H,18,19). The molecular weight excluding hydrogens is 267 g/mol. The van der Waals surface area contributed by atoms with E-state index in [9.17, 15) is 9.18 Å². The van der Waals surface area contributed by atoms with Crippen molar-refractivity contribution in [3.8, 4) is 0 Å². The van der Waals surface area contributed by atoms with E-state index in [0.29, 0.717) is 10.7 Å². The molecule has 0 heterocycles. The number of aryl methyl sites for hydroxylation is 1. The molecule has 0 radical (unpaired) electrons. The molecule has 3 N–H and O–H groups in total. The predicted molar refractivity (Wildman–Crippen MR) is 75.0 cm³/mol. The molecule has 5 heteroatoms. The smallest absolute Gasteiger partial charge is 0.255 e. The second-order valence-corrected chi connectivity index (χ2v) is 4.57. The van der Waals surface area contributed by atoms with Crippen LogP contribution in [0.5, 0.6) is 0 Å². The summed E-state index contributed by atoms with van der Waals surface area (Å²) in [7, 11) is 0. The fourth-order valence-electron chi connectivity index (χ4n) is 1.72. The zero-order chi connectivity index (χ0) is 14.0. The van der Waals surface area contributed by atoms with Crippen LogP contribution in [0.2, 0.25) is 5.02 Å². The SMILES string of the molecule is Cc1cccc(Cl)c1NC(=O)c1cc(N)cc(F)c1. The molecule has 98 valence electrons. The van der Waals surface area contributed by atoms with Gasteiger partial charge < -0.3 is 11.1 Å². The first kappa shape index (κ1) is 13.4. The third-order valence-electron chi connectivity index (χ3n) is 2.64.